The van der Waals surface area contributed by atoms with Crippen molar-refractivity contribution in [1.29, 1.82) is 0 Å². The maximum Gasteiger partial charge on any atom is 0.303 e. The van der Waals surface area contributed by atoms with Crippen molar-refractivity contribution in [2.45, 2.75) is 25.3 Å². The predicted molar refractivity (Wildman–Crippen MR) is 96.9 cm³/mol. The van der Waals surface area contributed by atoms with E-state index in [0.29, 0.717) is 17.8 Å². The fraction of sp³-hybridized carbons (Fsp3) is 0.250. The Morgan fingerprint density at radius 2 is 1.96 bits per heavy atom. The first-order valence-electron chi connectivity index (χ1n) is 8.49. The summed E-state index contributed by atoms with van der Waals surface area (Å²) in [5.74, 6) is -2.99. The third-order valence-corrected chi connectivity index (χ3v) is 4.58. The second-order valence-corrected chi connectivity index (χ2v) is 6.60. The number of halogens is 1. The Bertz CT molecular complexity index is 913. The van der Waals surface area contributed by atoms with E-state index < -0.39 is 23.6 Å². The second-order valence-electron chi connectivity index (χ2n) is 6.60. The van der Waals surface area contributed by atoms with E-state index in [0.717, 1.165) is 5.56 Å². The first-order valence-corrected chi connectivity index (χ1v) is 8.49. The Kier molecular flexibility index (Phi) is 5.21. The number of anilines is 1. The zero-order valence-electron chi connectivity index (χ0n) is 14.7. The first-order chi connectivity index (χ1) is 12.8. The van der Waals surface area contributed by atoms with Crippen molar-refractivity contribution in [1.82, 2.24) is 4.90 Å². The zero-order chi connectivity index (χ0) is 19.6. The van der Waals surface area contributed by atoms with Crippen LogP contribution in [-0.4, -0.2) is 34.8 Å². The molecule has 7 heteroatoms. The number of nitrogens with zero attached hydrogens (tertiary/aromatic N) is 1. The van der Waals surface area contributed by atoms with Crippen LogP contribution in [0.3, 0.4) is 0 Å². The molecule has 1 heterocycles. The van der Waals surface area contributed by atoms with Crippen LogP contribution in [-0.2, 0) is 16.1 Å². The summed E-state index contributed by atoms with van der Waals surface area (Å²) in [6.07, 6.45) is -0.542. The molecule has 0 bridgehead atoms. The molecule has 0 aromatic heterocycles. The molecule has 1 aliphatic rings. The van der Waals surface area contributed by atoms with Gasteiger partial charge in [0.25, 0.3) is 5.91 Å². The van der Waals surface area contributed by atoms with Gasteiger partial charge in [0.2, 0.25) is 5.91 Å². The van der Waals surface area contributed by atoms with E-state index in [1.165, 1.54) is 18.2 Å². The lowest BCUT2D eigenvalue weighted by atomic mass is 9.91. The number of nitrogens with one attached hydrogen (secondary N) is 1. The zero-order valence-corrected chi connectivity index (χ0v) is 14.7. The third kappa shape index (κ3) is 4.13. The van der Waals surface area contributed by atoms with Gasteiger partial charge in [-0.25, -0.2) is 4.39 Å². The van der Waals surface area contributed by atoms with E-state index in [9.17, 15) is 18.8 Å². The first kappa shape index (κ1) is 18.6. The molecule has 1 aliphatic heterocycles. The lowest BCUT2D eigenvalue weighted by Crippen LogP contribution is -2.19. The summed E-state index contributed by atoms with van der Waals surface area (Å²) < 4.78 is 14.0. The molecule has 2 N–H and O–H groups in total. The Hall–Kier alpha value is -3.22. The SMILES string of the molecule is CN1Cc2ccc(NC(=O)C[C@@H](CC(=O)O)c3ccccc3F)cc2C1=O. The molecule has 2 amide bonds. The van der Waals surface area contributed by atoms with Crippen molar-refractivity contribution >= 4 is 23.5 Å². The van der Waals surface area contributed by atoms with Crippen LogP contribution in [0.5, 0.6) is 0 Å². The molecule has 27 heavy (non-hydrogen) atoms. The van der Waals surface area contributed by atoms with Crippen LogP contribution in [0.15, 0.2) is 42.5 Å². The molecule has 140 valence electrons. The number of hydrogen-bond acceptors (Lipinski definition) is 3. The number of carbonyl (C=O) groups excluding carboxylic acids is 2. The number of carboxylic acid groups (broad SMARTS) is 1. The van der Waals surface area contributed by atoms with Crippen molar-refractivity contribution < 1.29 is 23.9 Å². The average Bonchev–Trinajstić information content (AvgIpc) is 2.89. The van der Waals surface area contributed by atoms with Crippen LogP contribution >= 0.6 is 0 Å². The molecule has 1 atom stereocenters. The van der Waals surface area contributed by atoms with Gasteiger partial charge in [-0.3, -0.25) is 14.4 Å². The quantitative estimate of drug-likeness (QED) is 0.818. The van der Waals surface area contributed by atoms with E-state index in [1.807, 2.05) is 0 Å². The molecule has 0 fully saturated rings. The highest BCUT2D eigenvalue weighted by atomic mass is 19.1. The maximum absolute atomic E-state index is 14.0. The number of aliphatic carboxylic acids is 1. The topological polar surface area (TPSA) is 86.7 Å². The summed E-state index contributed by atoms with van der Waals surface area (Å²) >= 11 is 0. The number of amides is 2. The van der Waals surface area contributed by atoms with Crippen LogP contribution in [0.4, 0.5) is 10.1 Å². The lowest BCUT2D eigenvalue weighted by Gasteiger charge is -2.16. The monoisotopic (exact) mass is 370 g/mol. The van der Waals surface area contributed by atoms with Gasteiger partial charge in [0.1, 0.15) is 5.82 Å². The summed E-state index contributed by atoms with van der Waals surface area (Å²) in [4.78, 5) is 37.2. The Morgan fingerprint density at radius 1 is 1.22 bits per heavy atom. The number of carboxylic acids is 1. The molecule has 2 aromatic carbocycles. The van der Waals surface area contributed by atoms with Crippen molar-refractivity contribution in [2.75, 3.05) is 12.4 Å². The molecule has 0 unspecified atom stereocenters. The highest BCUT2D eigenvalue weighted by molar-refractivity contribution is 6.00. The second kappa shape index (κ2) is 7.57. The number of hydrogen-bond donors (Lipinski definition) is 2. The number of benzene rings is 2. The van der Waals surface area contributed by atoms with Crippen molar-refractivity contribution in [2.24, 2.45) is 0 Å². The number of carbonyl (C=O) groups is 3. The summed E-state index contributed by atoms with van der Waals surface area (Å²) in [6, 6.07) is 10.9. The maximum atomic E-state index is 14.0. The fourth-order valence-corrected chi connectivity index (χ4v) is 3.27. The Morgan fingerprint density at radius 3 is 2.67 bits per heavy atom. The molecule has 0 aliphatic carbocycles. The van der Waals surface area contributed by atoms with Gasteiger partial charge in [-0.05, 0) is 29.3 Å². The van der Waals surface area contributed by atoms with E-state index in [4.69, 9.17) is 5.11 Å². The smallest absolute Gasteiger partial charge is 0.303 e. The van der Waals surface area contributed by atoms with E-state index in [1.54, 1.807) is 36.2 Å². The molecule has 3 rings (SSSR count). The standard InChI is InChI=1S/C20H19FN2O4/c1-23-11-12-6-7-14(10-16(12)20(23)27)22-18(24)8-13(9-19(25)26)15-4-2-3-5-17(15)21/h2-7,10,13H,8-9,11H2,1H3,(H,22,24)(H,25,26)/t13-/m0/s1. The highest BCUT2D eigenvalue weighted by Gasteiger charge is 2.25. The van der Waals surface area contributed by atoms with Gasteiger partial charge < -0.3 is 15.3 Å². The van der Waals surface area contributed by atoms with Crippen LogP contribution in [0, 0.1) is 5.82 Å². The van der Waals surface area contributed by atoms with Gasteiger partial charge in [0.05, 0.1) is 6.42 Å². The van der Waals surface area contributed by atoms with Crippen LogP contribution in [0.1, 0.15) is 40.2 Å². The van der Waals surface area contributed by atoms with Gasteiger partial charge >= 0.3 is 5.97 Å². The number of fused-ring (bicyclic) bond motifs is 1. The van der Waals surface area contributed by atoms with Crippen molar-refractivity contribution in [3.05, 3.63) is 65.0 Å². The minimum absolute atomic E-state index is 0.115. The molecule has 2 aromatic rings. The van der Waals surface area contributed by atoms with Gasteiger partial charge in [0.15, 0.2) is 0 Å². The van der Waals surface area contributed by atoms with E-state index in [2.05, 4.69) is 5.32 Å². The molecule has 0 saturated heterocycles. The van der Waals surface area contributed by atoms with E-state index >= 15 is 0 Å². The molecule has 0 radical (unpaired) electrons. The summed E-state index contributed by atoms with van der Waals surface area (Å²) in [5.41, 5.74) is 2.06. The fourth-order valence-electron chi connectivity index (χ4n) is 3.27. The van der Waals surface area contributed by atoms with Gasteiger partial charge in [-0.2, -0.15) is 0 Å². The largest absolute Gasteiger partial charge is 0.481 e. The van der Waals surface area contributed by atoms with Crippen LogP contribution in [0.2, 0.25) is 0 Å². The van der Waals surface area contributed by atoms with E-state index in [-0.39, 0.29) is 24.3 Å². The van der Waals surface area contributed by atoms with Gasteiger partial charge in [0, 0.05) is 37.2 Å². The summed E-state index contributed by atoms with van der Waals surface area (Å²) in [6.45, 7) is 0.524. The van der Waals surface area contributed by atoms with Crippen LogP contribution < -0.4 is 5.32 Å². The summed E-state index contributed by atoms with van der Waals surface area (Å²) in [7, 11) is 1.70. The molecule has 6 nitrogen and oxygen atoms in total. The van der Waals surface area contributed by atoms with Crippen LogP contribution in [0.25, 0.3) is 0 Å². The minimum atomic E-state index is -1.11. The Labute approximate surface area is 155 Å². The third-order valence-electron chi connectivity index (χ3n) is 4.58. The van der Waals surface area contributed by atoms with Gasteiger partial charge in [-0.15, -0.1) is 0 Å². The van der Waals surface area contributed by atoms with Gasteiger partial charge in [-0.1, -0.05) is 24.3 Å². The average molecular weight is 370 g/mol. The minimum Gasteiger partial charge on any atom is -0.481 e. The van der Waals surface area contributed by atoms with Crippen molar-refractivity contribution in [3.8, 4) is 0 Å². The Balaban J connectivity index is 1.74. The molecule has 0 spiro atoms. The molecular weight excluding hydrogens is 351 g/mol. The number of rotatable bonds is 6. The van der Waals surface area contributed by atoms with Crippen molar-refractivity contribution in [3.63, 3.8) is 0 Å². The molecular formula is C20H19FN2O4. The molecule has 0 saturated carbocycles. The summed E-state index contributed by atoms with van der Waals surface area (Å²) in [5, 5.41) is 11.8. The normalized spacial score (nSPS) is 14.0. The highest BCUT2D eigenvalue weighted by Crippen LogP contribution is 2.28. The predicted octanol–water partition coefficient (Wildman–Crippen LogP) is 3.00. The lowest BCUT2D eigenvalue weighted by molar-refractivity contribution is -0.137.